The highest BCUT2D eigenvalue weighted by Gasteiger charge is 2.11. The lowest BCUT2D eigenvalue weighted by molar-refractivity contribution is 0.103. The number of ether oxygens (including phenoxy) is 1. The fourth-order valence-electron chi connectivity index (χ4n) is 2.02. The molecule has 2 N–H and O–H groups in total. The molecule has 1 aromatic carbocycles. The van der Waals surface area contributed by atoms with Gasteiger partial charge in [-0.3, -0.25) is 0 Å². The summed E-state index contributed by atoms with van der Waals surface area (Å²) < 4.78 is 10.9. The first-order valence-electron chi connectivity index (χ1n) is 7.35. The van der Waals surface area contributed by atoms with E-state index >= 15 is 0 Å². The van der Waals surface area contributed by atoms with Crippen LogP contribution in [0.3, 0.4) is 0 Å². The van der Waals surface area contributed by atoms with Crippen molar-refractivity contribution in [2.24, 2.45) is 0 Å². The van der Waals surface area contributed by atoms with Gasteiger partial charge in [-0.15, -0.1) is 0 Å². The molecule has 1 unspecified atom stereocenters. The average molecular weight is 289 g/mol. The minimum absolute atomic E-state index is 0.0680. The third-order valence-corrected chi connectivity index (χ3v) is 3.40. The summed E-state index contributed by atoms with van der Waals surface area (Å²) in [5.74, 6) is 1.64. The summed E-state index contributed by atoms with van der Waals surface area (Å²) in [6.07, 6.45) is 2.10. The number of nitrogens with one attached hydrogen (secondary N) is 1. The van der Waals surface area contributed by atoms with Crippen molar-refractivity contribution in [2.45, 2.75) is 32.4 Å². The number of aliphatic hydroxyl groups is 1. The highest BCUT2D eigenvalue weighted by molar-refractivity contribution is 5.27. The molecular weight excluding hydrogens is 266 g/mol. The largest absolute Gasteiger partial charge is 0.491 e. The van der Waals surface area contributed by atoms with Crippen molar-refractivity contribution in [3.63, 3.8) is 0 Å². The Labute approximate surface area is 125 Å². The van der Waals surface area contributed by atoms with Crippen molar-refractivity contribution in [3.8, 4) is 5.75 Å². The second-order valence-corrected chi connectivity index (χ2v) is 5.11. The maximum atomic E-state index is 9.94. The standard InChI is InChI=1S/C17H23NO3/c1-3-14-6-8-16(9-7-14)21-12-15(19)11-18-13(2)17-5-4-10-20-17/h4-10,13,15,18-19H,3,11-12H2,1-2H3/t13-,15?/m0/s1. The molecule has 0 amide bonds. The second-order valence-electron chi connectivity index (χ2n) is 5.11. The first-order valence-corrected chi connectivity index (χ1v) is 7.35. The summed E-state index contributed by atoms with van der Waals surface area (Å²) in [6, 6.07) is 11.8. The molecule has 4 nitrogen and oxygen atoms in total. The number of furan rings is 1. The van der Waals surface area contributed by atoms with Gasteiger partial charge in [0.1, 0.15) is 24.2 Å². The van der Waals surface area contributed by atoms with Crippen molar-refractivity contribution >= 4 is 0 Å². The second kappa shape index (κ2) is 7.86. The third kappa shape index (κ3) is 4.92. The molecule has 1 heterocycles. The minimum atomic E-state index is -0.562. The molecule has 1 aromatic heterocycles. The lowest BCUT2D eigenvalue weighted by Gasteiger charge is -2.16. The molecule has 2 rings (SSSR count). The Morgan fingerprint density at radius 3 is 2.62 bits per heavy atom. The van der Waals surface area contributed by atoms with E-state index in [-0.39, 0.29) is 12.6 Å². The Kier molecular flexibility index (Phi) is 5.84. The molecule has 2 atom stereocenters. The number of hydrogen-bond donors (Lipinski definition) is 2. The van der Waals surface area contributed by atoms with Crippen LogP contribution in [-0.2, 0) is 6.42 Å². The molecular formula is C17H23NO3. The van der Waals surface area contributed by atoms with Crippen molar-refractivity contribution < 1.29 is 14.3 Å². The van der Waals surface area contributed by atoms with Gasteiger partial charge in [0, 0.05) is 6.54 Å². The molecule has 0 aliphatic rings. The zero-order valence-electron chi connectivity index (χ0n) is 12.6. The van der Waals surface area contributed by atoms with E-state index in [1.54, 1.807) is 6.26 Å². The van der Waals surface area contributed by atoms with Crippen LogP contribution in [0.15, 0.2) is 47.1 Å². The highest BCUT2D eigenvalue weighted by atomic mass is 16.5. The van der Waals surface area contributed by atoms with Crippen LogP contribution >= 0.6 is 0 Å². The monoisotopic (exact) mass is 289 g/mol. The van der Waals surface area contributed by atoms with Crippen LogP contribution in [-0.4, -0.2) is 24.4 Å². The first kappa shape index (κ1) is 15.6. The van der Waals surface area contributed by atoms with Gasteiger partial charge >= 0.3 is 0 Å². The molecule has 0 saturated heterocycles. The maximum absolute atomic E-state index is 9.94. The number of aliphatic hydroxyl groups excluding tert-OH is 1. The zero-order chi connectivity index (χ0) is 15.1. The third-order valence-electron chi connectivity index (χ3n) is 3.40. The van der Waals surface area contributed by atoms with Gasteiger partial charge in [0.05, 0.1) is 12.3 Å². The predicted octanol–water partition coefficient (Wildman–Crippen LogP) is 2.93. The van der Waals surface area contributed by atoms with E-state index in [1.165, 1.54) is 5.56 Å². The van der Waals surface area contributed by atoms with E-state index in [4.69, 9.17) is 9.15 Å². The molecule has 114 valence electrons. The molecule has 0 spiro atoms. The van der Waals surface area contributed by atoms with E-state index in [9.17, 15) is 5.11 Å². The zero-order valence-corrected chi connectivity index (χ0v) is 12.6. The van der Waals surface area contributed by atoms with E-state index in [0.717, 1.165) is 17.9 Å². The fourth-order valence-corrected chi connectivity index (χ4v) is 2.02. The normalized spacial score (nSPS) is 13.9. The van der Waals surface area contributed by atoms with Gasteiger partial charge in [-0.1, -0.05) is 19.1 Å². The summed E-state index contributed by atoms with van der Waals surface area (Å²) in [4.78, 5) is 0. The average Bonchev–Trinajstić information content (AvgIpc) is 3.05. The van der Waals surface area contributed by atoms with E-state index in [2.05, 4.69) is 12.2 Å². The molecule has 0 radical (unpaired) electrons. The summed E-state index contributed by atoms with van der Waals surface area (Å²) in [5, 5.41) is 13.2. The van der Waals surface area contributed by atoms with E-state index < -0.39 is 6.10 Å². The maximum Gasteiger partial charge on any atom is 0.120 e. The van der Waals surface area contributed by atoms with Crippen LogP contribution in [0.5, 0.6) is 5.75 Å². The molecule has 0 aliphatic carbocycles. The molecule has 0 fully saturated rings. The van der Waals surface area contributed by atoms with Gasteiger partial charge in [-0.25, -0.2) is 0 Å². The number of benzene rings is 1. The van der Waals surface area contributed by atoms with Gasteiger partial charge in [-0.2, -0.15) is 0 Å². The Morgan fingerprint density at radius 1 is 1.24 bits per heavy atom. The van der Waals surface area contributed by atoms with E-state index in [1.807, 2.05) is 43.3 Å². The van der Waals surface area contributed by atoms with Crippen molar-refractivity contribution in [1.82, 2.24) is 5.32 Å². The van der Waals surface area contributed by atoms with Crippen LogP contribution in [0.25, 0.3) is 0 Å². The SMILES string of the molecule is CCc1ccc(OCC(O)CN[C@@H](C)c2ccco2)cc1. The summed E-state index contributed by atoms with van der Waals surface area (Å²) in [7, 11) is 0. The highest BCUT2D eigenvalue weighted by Crippen LogP contribution is 2.14. The topological polar surface area (TPSA) is 54.6 Å². The molecule has 4 heteroatoms. The molecule has 2 aromatic rings. The van der Waals surface area contributed by atoms with Gasteiger partial charge in [0.15, 0.2) is 0 Å². The van der Waals surface area contributed by atoms with Crippen LogP contribution < -0.4 is 10.1 Å². The summed E-state index contributed by atoms with van der Waals surface area (Å²) >= 11 is 0. The van der Waals surface area contributed by atoms with Crippen LogP contribution in [0.2, 0.25) is 0 Å². The van der Waals surface area contributed by atoms with Gasteiger partial charge < -0.3 is 19.6 Å². The van der Waals surface area contributed by atoms with Crippen LogP contribution in [0.1, 0.15) is 31.2 Å². The fraction of sp³-hybridized carbons (Fsp3) is 0.412. The van der Waals surface area contributed by atoms with Crippen LogP contribution in [0.4, 0.5) is 0 Å². The quantitative estimate of drug-likeness (QED) is 0.784. The van der Waals surface area contributed by atoms with Crippen molar-refractivity contribution in [2.75, 3.05) is 13.2 Å². The summed E-state index contributed by atoms with van der Waals surface area (Å²) in [6.45, 7) is 4.83. The minimum Gasteiger partial charge on any atom is -0.491 e. The Balaban J connectivity index is 1.70. The molecule has 0 aliphatic heterocycles. The number of rotatable bonds is 8. The van der Waals surface area contributed by atoms with Gasteiger partial charge in [0.25, 0.3) is 0 Å². The van der Waals surface area contributed by atoms with Crippen molar-refractivity contribution in [1.29, 1.82) is 0 Å². The first-order chi connectivity index (χ1) is 10.2. The molecule has 0 bridgehead atoms. The lowest BCUT2D eigenvalue weighted by atomic mass is 10.2. The predicted molar refractivity (Wildman–Crippen MR) is 82.4 cm³/mol. The Hall–Kier alpha value is -1.78. The number of aryl methyl sites for hydroxylation is 1. The smallest absolute Gasteiger partial charge is 0.120 e. The summed E-state index contributed by atoms with van der Waals surface area (Å²) in [5.41, 5.74) is 1.27. The number of hydrogen-bond acceptors (Lipinski definition) is 4. The van der Waals surface area contributed by atoms with Crippen molar-refractivity contribution in [3.05, 3.63) is 54.0 Å². The van der Waals surface area contributed by atoms with Crippen LogP contribution in [0, 0.1) is 0 Å². The van der Waals surface area contributed by atoms with E-state index in [0.29, 0.717) is 6.54 Å². The Bertz CT molecular complexity index is 507. The Morgan fingerprint density at radius 2 is 2.00 bits per heavy atom. The lowest BCUT2D eigenvalue weighted by Crippen LogP contribution is -2.32. The molecule has 0 saturated carbocycles. The van der Waals surface area contributed by atoms with Gasteiger partial charge in [0.2, 0.25) is 0 Å². The van der Waals surface area contributed by atoms with Gasteiger partial charge in [-0.05, 0) is 43.2 Å². The molecule has 21 heavy (non-hydrogen) atoms.